The van der Waals surface area contributed by atoms with E-state index in [9.17, 15) is 9.59 Å². The second-order valence-electron chi connectivity index (χ2n) is 6.30. The highest BCUT2D eigenvalue weighted by atomic mass is 16.5. The monoisotopic (exact) mass is 341 g/mol. The number of hydrogen-bond donors (Lipinski definition) is 1. The number of hydrogen-bond acceptors (Lipinski definition) is 5. The number of esters is 1. The van der Waals surface area contributed by atoms with Gasteiger partial charge >= 0.3 is 5.97 Å². The van der Waals surface area contributed by atoms with Gasteiger partial charge in [-0.25, -0.2) is 0 Å². The molecule has 0 amide bonds. The van der Waals surface area contributed by atoms with Gasteiger partial charge in [0.25, 0.3) is 0 Å². The number of nitrogens with one attached hydrogen (secondary N) is 1. The van der Waals surface area contributed by atoms with Crippen molar-refractivity contribution in [2.75, 3.05) is 13.7 Å². The molecule has 0 saturated heterocycles. The van der Waals surface area contributed by atoms with Crippen LogP contribution in [0.2, 0.25) is 0 Å². The first-order valence-electron chi connectivity index (χ1n) is 8.59. The summed E-state index contributed by atoms with van der Waals surface area (Å²) in [6, 6.07) is 7.51. The van der Waals surface area contributed by atoms with Gasteiger partial charge in [0, 0.05) is 29.3 Å². The summed E-state index contributed by atoms with van der Waals surface area (Å²) in [5, 5.41) is 3.20. The molecule has 2 atom stereocenters. The van der Waals surface area contributed by atoms with Crippen molar-refractivity contribution < 1.29 is 19.1 Å². The summed E-state index contributed by atoms with van der Waals surface area (Å²) in [7, 11) is 1.60. The number of Topliss-reactive ketones (excluding diaryl/α,β-unsaturated/α-hetero) is 1. The van der Waals surface area contributed by atoms with Crippen molar-refractivity contribution in [2.24, 2.45) is 5.92 Å². The Kier molecular flexibility index (Phi) is 4.93. The van der Waals surface area contributed by atoms with Crippen LogP contribution in [0.3, 0.4) is 0 Å². The Hall–Kier alpha value is -2.56. The fourth-order valence-electron chi connectivity index (χ4n) is 3.70. The highest BCUT2D eigenvalue weighted by Crippen LogP contribution is 2.44. The number of ether oxygens (including phenoxy) is 2. The maximum absolute atomic E-state index is 12.7. The molecule has 1 aliphatic heterocycles. The summed E-state index contributed by atoms with van der Waals surface area (Å²) in [5.41, 5.74) is 3.02. The highest BCUT2D eigenvalue weighted by molar-refractivity contribution is 6.00. The zero-order chi connectivity index (χ0) is 18.0. The van der Waals surface area contributed by atoms with Crippen LogP contribution in [0.25, 0.3) is 0 Å². The van der Waals surface area contributed by atoms with Gasteiger partial charge in [0.1, 0.15) is 11.7 Å². The van der Waals surface area contributed by atoms with Crippen LogP contribution in [0.5, 0.6) is 5.75 Å². The topological polar surface area (TPSA) is 64.6 Å². The van der Waals surface area contributed by atoms with Crippen LogP contribution in [0.4, 0.5) is 0 Å². The van der Waals surface area contributed by atoms with Crippen LogP contribution >= 0.6 is 0 Å². The van der Waals surface area contributed by atoms with Crippen LogP contribution in [-0.4, -0.2) is 25.5 Å². The first-order valence-corrected chi connectivity index (χ1v) is 8.59. The van der Waals surface area contributed by atoms with Gasteiger partial charge in [0.05, 0.1) is 13.7 Å². The minimum atomic E-state index is -0.632. The summed E-state index contributed by atoms with van der Waals surface area (Å²) in [6.45, 7) is 6.10. The van der Waals surface area contributed by atoms with E-state index in [2.05, 4.69) is 11.9 Å². The number of carbonyl (C=O) groups excluding carboxylic acids is 2. The molecular formula is C20H23NO4. The first-order chi connectivity index (χ1) is 12.1. The van der Waals surface area contributed by atoms with Gasteiger partial charge in [-0.1, -0.05) is 18.7 Å². The normalized spacial score (nSPS) is 23.0. The van der Waals surface area contributed by atoms with Gasteiger partial charge in [-0.15, -0.1) is 0 Å². The summed E-state index contributed by atoms with van der Waals surface area (Å²) in [5.74, 6) is -0.616. The van der Waals surface area contributed by atoms with Crippen molar-refractivity contribution in [3.05, 3.63) is 53.4 Å². The summed E-state index contributed by atoms with van der Waals surface area (Å²) < 4.78 is 10.6. The molecule has 0 aromatic heterocycles. The standard InChI is InChI=1S/C20H23NO4/c1-4-25-20(23)17-12(2)21-15-9-6-10-16(22)19(15)18(17)13-7-5-8-14(11-13)24-3/h5,7-8,11,17-18,21H,2,4,6,9-10H2,1,3H3. The maximum Gasteiger partial charge on any atom is 0.315 e. The molecule has 1 aliphatic carbocycles. The van der Waals surface area contributed by atoms with Crippen LogP contribution < -0.4 is 10.1 Å². The zero-order valence-electron chi connectivity index (χ0n) is 14.6. The van der Waals surface area contributed by atoms with E-state index in [1.165, 1.54) is 0 Å². The molecule has 1 N–H and O–H groups in total. The Morgan fingerprint density at radius 3 is 2.88 bits per heavy atom. The summed E-state index contributed by atoms with van der Waals surface area (Å²) >= 11 is 0. The molecule has 0 saturated carbocycles. The van der Waals surface area contributed by atoms with Gasteiger partial charge in [-0.05, 0) is 37.5 Å². The second kappa shape index (κ2) is 7.13. The lowest BCUT2D eigenvalue weighted by atomic mass is 9.71. The number of methoxy groups -OCH3 is 1. The van der Waals surface area contributed by atoms with E-state index in [4.69, 9.17) is 9.47 Å². The molecule has 5 heteroatoms. The van der Waals surface area contributed by atoms with Crippen molar-refractivity contribution in [1.82, 2.24) is 5.32 Å². The lowest BCUT2D eigenvalue weighted by molar-refractivity contribution is -0.147. The van der Waals surface area contributed by atoms with E-state index in [-0.39, 0.29) is 18.4 Å². The first kappa shape index (κ1) is 17.3. The maximum atomic E-state index is 12.7. The van der Waals surface area contributed by atoms with E-state index in [1.54, 1.807) is 14.0 Å². The largest absolute Gasteiger partial charge is 0.497 e. The fourth-order valence-corrected chi connectivity index (χ4v) is 3.70. The molecule has 132 valence electrons. The SMILES string of the molecule is C=C1NC2=C(C(=O)CCC2)C(c2cccc(OC)c2)C1C(=O)OCC. The smallest absolute Gasteiger partial charge is 0.315 e. The molecule has 1 aromatic carbocycles. The lowest BCUT2D eigenvalue weighted by Crippen LogP contribution is -2.41. The van der Waals surface area contributed by atoms with Crippen LogP contribution in [-0.2, 0) is 14.3 Å². The Labute approximate surface area is 147 Å². The summed E-state index contributed by atoms with van der Waals surface area (Å²) in [6.07, 6.45) is 2.10. The molecule has 25 heavy (non-hydrogen) atoms. The molecule has 5 nitrogen and oxygen atoms in total. The zero-order valence-corrected chi connectivity index (χ0v) is 14.6. The Morgan fingerprint density at radius 1 is 1.36 bits per heavy atom. The van der Waals surface area contributed by atoms with E-state index >= 15 is 0 Å². The number of allylic oxidation sites excluding steroid dienone is 2. The van der Waals surface area contributed by atoms with Gasteiger partial charge in [0.15, 0.2) is 5.78 Å². The summed E-state index contributed by atoms with van der Waals surface area (Å²) in [4.78, 5) is 25.3. The minimum absolute atomic E-state index is 0.0865. The molecule has 0 radical (unpaired) electrons. The van der Waals surface area contributed by atoms with Gasteiger partial charge in [-0.2, -0.15) is 0 Å². The van der Waals surface area contributed by atoms with E-state index < -0.39 is 11.8 Å². The third-order valence-electron chi connectivity index (χ3n) is 4.78. The van der Waals surface area contributed by atoms with Crippen molar-refractivity contribution in [1.29, 1.82) is 0 Å². The van der Waals surface area contributed by atoms with E-state index in [0.29, 0.717) is 23.4 Å². The predicted octanol–water partition coefficient (Wildman–Crippen LogP) is 3.08. The van der Waals surface area contributed by atoms with E-state index in [0.717, 1.165) is 24.1 Å². The number of ketones is 1. The molecule has 3 rings (SSSR count). The van der Waals surface area contributed by atoms with Crippen LogP contribution in [0.1, 0.15) is 37.7 Å². The number of carbonyl (C=O) groups is 2. The molecule has 0 fully saturated rings. The highest BCUT2D eigenvalue weighted by Gasteiger charge is 2.43. The fraction of sp³-hybridized carbons (Fsp3) is 0.400. The quantitative estimate of drug-likeness (QED) is 0.853. The van der Waals surface area contributed by atoms with Crippen molar-refractivity contribution >= 4 is 11.8 Å². The number of rotatable bonds is 4. The third kappa shape index (κ3) is 3.18. The van der Waals surface area contributed by atoms with Gasteiger partial charge in [0.2, 0.25) is 0 Å². The molecule has 1 heterocycles. The molecule has 0 bridgehead atoms. The average molecular weight is 341 g/mol. The molecule has 0 spiro atoms. The molecule has 1 aromatic rings. The average Bonchev–Trinajstić information content (AvgIpc) is 2.61. The van der Waals surface area contributed by atoms with Crippen molar-refractivity contribution in [2.45, 2.75) is 32.1 Å². The predicted molar refractivity (Wildman–Crippen MR) is 94.0 cm³/mol. The number of benzene rings is 1. The van der Waals surface area contributed by atoms with Gasteiger partial charge < -0.3 is 14.8 Å². The Morgan fingerprint density at radius 2 is 2.16 bits per heavy atom. The second-order valence-corrected chi connectivity index (χ2v) is 6.30. The van der Waals surface area contributed by atoms with Crippen LogP contribution in [0, 0.1) is 5.92 Å². The minimum Gasteiger partial charge on any atom is -0.497 e. The van der Waals surface area contributed by atoms with E-state index in [1.807, 2.05) is 24.3 Å². The van der Waals surface area contributed by atoms with Crippen LogP contribution in [0.15, 0.2) is 47.8 Å². The van der Waals surface area contributed by atoms with Crippen molar-refractivity contribution in [3.8, 4) is 5.75 Å². The Balaban J connectivity index is 2.14. The third-order valence-corrected chi connectivity index (χ3v) is 4.78. The lowest BCUT2D eigenvalue weighted by Gasteiger charge is -2.38. The molecule has 2 unspecified atom stereocenters. The van der Waals surface area contributed by atoms with Gasteiger partial charge in [-0.3, -0.25) is 9.59 Å². The Bertz CT molecular complexity index is 750. The van der Waals surface area contributed by atoms with Crippen molar-refractivity contribution in [3.63, 3.8) is 0 Å². The molecular weight excluding hydrogens is 318 g/mol. The molecule has 2 aliphatic rings.